The number of nitrogens with one attached hydrogen (secondary N) is 1. The number of aryl methyl sites for hydroxylation is 2. The Balaban J connectivity index is 1.79. The van der Waals surface area contributed by atoms with Gasteiger partial charge in [-0.25, -0.2) is 9.67 Å². The number of hydrogen-bond acceptors (Lipinski definition) is 3. The maximum Gasteiger partial charge on any atom is 0.295 e. The molecule has 7 heteroatoms. The summed E-state index contributed by atoms with van der Waals surface area (Å²) in [5.74, 6) is 0.168. The van der Waals surface area contributed by atoms with Crippen LogP contribution in [0.2, 0.25) is 10.0 Å². The van der Waals surface area contributed by atoms with Gasteiger partial charge in [0, 0.05) is 10.6 Å². The van der Waals surface area contributed by atoms with Crippen molar-refractivity contribution in [1.82, 2.24) is 14.8 Å². The summed E-state index contributed by atoms with van der Waals surface area (Å²) in [5.41, 5.74) is 4.27. The summed E-state index contributed by atoms with van der Waals surface area (Å²) in [5, 5.41) is 8.10. The van der Waals surface area contributed by atoms with E-state index in [9.17, 15) is 4.79 Å². The Morgan fingerprint density at radius 1 is 0.967 bits per heavy atom. The molecule has 0 radical (unpaired) electrons. The van der Waals surface area contributed by atoms with Crippen molar-refractivity contribution in [2.45, 2.75) is 13.8 Å². The molecule has 4 aromatic rings. The molecule has 0 aliphatic carbocycles. The molecule has 0 spiro atoms. The van der Waals surface area contributed by atoms with E-state index in [0.29, 0.717) is 21.6 Å². The Bertz CT molecular complexity index is 1250. The number of anilines is 1. The summed E-state index contributed by atoms with van der Waals surface area (Å²) in [7, 11) is 0. The molecule has 1 heterocycles. The topological polar surface area (TPSA) is 59.8 Å². The van der Waals surface area contributed by atoms with E-state index in [1.807, 2.05) is 62.4 Å². The number of benzene rings is 3. The second-order valence-electron chi connectivity index (χ2n) is 6.91. The highest BCUT2D eigenvalue weighted by atomic mass is 35.5. The van der Waals surface area contributed by atoms with Crippen LogP contribution in [0.5, 0.6) is 0 Å². The second-order valence-corrected chi connectivity index (χ2v) is 7.75. The van der Waals surface area contributed by atoms with Crippen molar-refractivity contribution < 1.29 is 4.79 Å². The van der Waals surface area contributed by atoms with Crippen LogP contribution in [0.3, 0.4) is 0 Å². The molecule has 1 N–H and O–H groups in total. The monoisotopic (exact) mass is 436 g/mol. The summed E-state index contributed by atoms with van der Waals surface area (Å²) < 4.78 is 1.70. The first-order valence-corrected chi connectivity index (χ1v) is 10.0. The fourth-order valence-electron chi connectivity index (χ4n) is 3.12. The first kappa shape index (κ1) is 20.1. The lowest BCUT2D eigenvalue weighted by atomic mass is 10.1. The number of carbonyl (C=O) groups is 1. The normalized spacial score (nSPS) is 10.8. The van der Waals surface area contributed by atoms with E-state index in [-0.39, 0.29) is 5.82 Å². The zero-order valence-electron chi connectivity index (χ0n) is 16.4. The number of nitrogens with zero attached hydrogens (tertiary/aromatic N) is 3. The van der Waals surface area contributed by atoms with E-state index in [1.165, 1.54) is 0 Å². The molecule has 0 aliphatic rings. The number of rotatable bonds is 4. The predicted octanol–water partition coefficient (Wildman–Crippen LogP) is 6.11. The van der Waals surface area contributed by atoms with Gasteiger partial charge in [0.25, 0.3) is 5.91 Å². The first-order valence-electron chi connectivity index (χ1n) is 9.29. The fourth-order valence-corrected chi connectivity index (χ4v) is 3.57. The van der Waals surface area contributed by atoms with E-state index in [2.05, 4.69) is 15.4 Å². The average molecular weight is 437 g/mol. The van der Waals surface area contributed by atoms with E-state index in [0.717, 1.165) is 22.4 Å². The molecule has 1 amide bonds. The van der Waals surface area contributed by atoms with Gasteiger partial charge in [0.15, 0.2) is 5.82 Å². The van der Waals surface area contributed by atoms with Crippen LogP contribution in [0.4, 0.5) is 5.69 Å². The van der Waals surface area contributed by atoms with Crippen molar-refractivity contribution in [3.05, 3.63) is 93.7 Å². The standard InChI is InChI=1S/C23H18Cl2N4O/c1-14-6-5-8-16(12-14)22-27-21(28-29(22)20-9-4-3-7-15(20)2)23(30)26-19-11-10-17(24)13-18(19)25/h3-13H,1-2H3,(H,26,30). The highest BCUT2D eigenvalue weighted by molar-refractivity contribution is 6.36. The van der Waals surface area contributed by atoms with Crippen LogP contribution in [0.25, 0.3) is 17.1 Å². The third-order valence-corrected chi connectivity index (χ3v) is 5.16. The van der Waals surface area contributed by atoms with Gasteiger partial charge in [-0.3, -0.25) is 4.79 Å². The van der Waals surface area contributed by atoms with Crippen molar-refractivity contribution >= 4 is 34.8 Å². The number of para-hydroxylation sites is 1. The van der Waals surface area contributed by atoms with Crippen LogP contribution in [-0.2, 0) is 0 Å². The minimum absolute atomic E-state index is 0.0424. The Hall–Kier alpha value is -3.15. The van der Waals surface area contributed by atoms with Gasteiger partial charge >= 0.3 is 0 Å². The number of halogens is 2. The number of carbonyl (C=O) groups excluding carboxylic acids is 1. The Morgan fingerprint density at radius 3 is 2.50 bits per heavy atom. The average Bonchev–Trinajstić information content (AvgIpc) is 3.16. The summed E-state index contributed by atoms with van der Waals surface area (Å²) in [6, 6.07) is 20.6. The molecule has 0 saturated heterocycles. The van der Waals surface area contributed by atoms with Crippen LogP contribution >= 0.6 is 23.2 Å². The lowest BCUT2D eigenvalue weighted by Gasteiger charge is -2.09. The predicted molar refractivity (Wildman–Crippen MR) is 121 cm³/mol. The van der Waals surface area contributed by atoms with Gasteiger partial charge in [-0.05, 0) is 49.7 Å². The van der Waals surface area contributed by atoms with Crippen molar-refractivity contribution in [1.29, 1.82) is 0 Å². The van der Waals surface area contributed by atoms with Crippen LogP contribution in [0.1, 0.15) is 21.7 Å². The number of hydrogen-bond donors (Lipinski definition) is 1. The van der Waals surface area contributed by atoms with Crippen LogP contribution in [0, 0.1) is 13.8 Å². The largest absolute Gasteiger partial charge is 0.318 e. The molecule has 0 saturated carbocycles. The van der Waals surface area contributed by atoms with E-state index >= 15 is 0 Å². The third-order valence-electron chi connectivity index (χ3n) is 4.61. The molecule has 5 nitrogen and oxygen atoms in total. The zero-order chi connectivity index (χ0) is 21.3. The Morgan fingerprint density at radius 2 is 1.77 bits per heavy atom. The lowest BCUT2D eigenvalue weighted by Crippen LogP contribution is -2.14. The molecule has 0 fully saturated rings. The third kappa shape index (κ3) is 4.08. The second kappa shape index (κ2) is 8.30. The van der Waals surface area contributed by atoms with E-state index in [4.69, 9.17) is 23.2 Å². The van der Waals surface area contributed by atoms with Crippen molar-refractivity contribution in [2.24, 2.45) is 0 Å². The van der Waals surface area contributed by atoms with Gasteiger partial charge in [0.2, 0.25) is 5.82 Å². The lowest BCUT2D eigenvalue weighted by molar-refractivity contribution is 0.101. The molecule has 1 aromatic heterocycles. The highest BCUT2D eigenvalue weighted by Gasteiger charge is 2.20. The van der Waals surface area contributed by atoms with Gasteiger partial charge in [0.05, 0.1) is 16.4 Å². The molecule has 3 aromatic carbocycles. The summed E-state index contributed by atoms with van der Waals surface area (Å²) in [4.78, 5) is 17.4. The quantitative estimate of drug-likeness (QED) is 0.419. The van der Waals surface area contributed by atoms with Crippen LogP contribution in [0.15, 0.2) is 66.7 Å². The SMILES string of the molecule is Cc1cccc(-c2nc(C(=O)Nc3ccc(Cl)cc3Cl)nn2-c2ccccc2C)c1. The maximum absolute atomic E-state index is 12.9. The first-order chi connectivity index (χ1) is 14.4. The van der Waals surface area contributed by atoms with Crippen LogP contribution < -0.4 is 5.32 Å². The molecule has 150 valence electrons. The smallest absolute Gasteiger partial charge is 0.295 e. The van der Waals surface area contributed by atoms with Gasteiger partial charge in [-0.2, -0.15) is 0 Å². The summed E-state index contributed by atoms with van der Waals surface area (Å²) in [6.45, 7) is 4.00. The van der Waals surface area contributed by atoms with Gasteiger partial charge < -0.3 is 5.32 Å². The maximum atomic E-state index is 12.9. The van der Waals surface area contributed by atoms with Gasteiger partial charge in [-0.1, -0.05) is 65.2 Å². The van der Waals surface area contributed by atoms with Crippen molar-refractivity contribution in [3.63, 3.8) is 0 Å². The molecule has 4 rings (SSSR count). The van der Waals surface area contributed by atoms with Crippen molar-refractivity contribution in [3.8, 4) is 17.1 Å². The molecule has 30 heavy (non-hydrogen) atoms. The molecule has 0 atom stereocenters. The summed E-state index contributed by atoms with van der Waals surface area (Å²) >= 11 is 12.1. The van der Waals surface area contributed by atoms with Crippen LogP contribution in [-0.4, -0.2) is 20.7 Å². The van der Waals surface area contributed by atoms with Gasteiger partial charge in [-0.15, -0.1) is 5.10 Å². The molecular weight excluding hydrogens is 419 g/mol. The molecular formula is C23H18Cl2N4O. The number of amides is 1. The number of aromatic nitrogens is 3. The zero-order valence-corrected chi connectivity index (χ0v) is 17.9. The molecule has 0 unspecified atom stereocenters. The van der Waals surface area contributed by atoms with Gasteiger partial charge in [0.1, 0.15) is 0 Å². The molecule has 0 bridgehead atoms. The van der Waals surface area contributed by atoms with E-state index in [1.54, 1.807) is 22.9 Å². The minimum atomic E-state index is -0.458. The Labute approximate surface area is 184 Å². The minimum Gasteiger partial charge on any atom is -0.318 e. The summed E-state index contributed by atoms with van der Waals surface area (Å²) in [6.07, 6.45) is 0. The van der Waals surface area contributed by atoms with Crippen molar-refractivity contribution in [2.75, 3.05) is 5.32 Å². The highest BCUT2D eigenvalue weighted by Crippen LogP contribution is 2.27. The molecule has 0 aliphatic heterocycles. The Kier molecular flexibility index (Phi) is 5.57. The van der Waals surface area contributed by atoms with E-state index < -0.39 is 5.91 Å². The fraction of sp³-hybridized carbons (Fsp3) is 0.0870.